The number of hydrogen-bond donors (Lipinski definition) is 0. The van der Waals surface area contributed by atoms with E-state index in [2.05, 4.69) is 13.2 Å². The van der Waals surface area contributed by atoms with Gasteiger partial charge in [0.1, 0.15) is 0 Å². The largest absolute Gasteiger partial charge is 0.500 e. The van der Waals surface area contributed by atoms with E-state index >= 15 is 0 Å². The van der Waals surface area contributed by atoms with Gasteiger partial charge in [-0.1, -0.05) is 6.92 Å². The first-order valence-corrected chi connectivity index (χ1v) is 7.09. The average Bonchev–Trinajstić information content (AvgIpc) is 2.22. The van der Waals surface area contributed by atoms with Crippen LogP contribution in [0, 0.1) is 0 Å². The van der Waals surface area contributed by atoms with Crippen molar-refractivity contribution in [2.24, 2.45) is 0 Å². The summed E-state index contributed by atoms with van der Waals surface area (Å²) in [6.07, 6.45) is 0. The van der Waals surface area contributed by atoms with E-state index in [4.69, 9.17) is 13.3 Å². The normalized spacial score (nSPS) is 10.6. The molecular formula is C10H24O3Si. The highest BCUT2D eigenvalue weighted by molar-refractivity contribution is 6.60. The van der Waals surface area contributed by atoms with Crippen LogP contribution in [0.25, 0.3) is 0 Å². The van der Waals surface area contributed by atoms with Crippen molar-refractivity contribution in [3.8, 4) is 0 Å². The second-order valence-electron chi connectivity index (χ2n) is 2.34. The molecule has 0 atom stereocenters. The van der Waals surface area contributed by atoms with E-state index in [1.165, 1.54) is 0 Å². The molecule has 3 nitrogen and oxygen atoms in total. The molecule has 0 heterocycles. The van der Waals surface area contributed by atoms with Gasteiger partial charge in [-0.15, -0.1) is 13.2 Å². The smallest absolute Gasteiger partial charge is 0.374 e. The Labute approximate surface area is 89.4 Å². The van der Waals surface area contributed by atoms with Crippen LogP contribution < -0.4 is 0 Å². The van der Waals surface area contributed by atoms with Crippen molar-refractivity contribution in [3.63, 3.8) is 0 Å². The topological polar surface area (TPSA) is 27.7 Å². The molecule has 0 saturated heterocycles. The minimum absolute atomic E-state index is 0.667. The Hall–Kier alpha value is -0.163. The number of hydrogen-bond acceptors (Lipinski definition) is 3. The van der Waals surface area contributed by atoms with Crippen molar-refractivity contribution in [3.05, 3.63) is 13.2 Å². The van der Waals surface area contributed by atoms with Crippen LogP contribution in [-0.4, -0.2) is 28.6 Å². The fourth-order valence-corrected chi connectivity index (χ4v) is 3.27. The quantitative estimate of drug-likeness (QED) is 0.488. The molecule has 0 fully saturated rings. The molecule has 0 amide bonds. The lowest BCUT2D eigenvalue weighted by atomic mass is 10.9. The predicted octanol–water partition coefficient (Wildman–Crippen LogP) is 2.86. The van der Waals surface area contributed by atoms with Crippen LogP contribution in [0.3, 0.4) is 0 Å². The minimum atomic E-state index is -2.27. The highest BCUT2D eigenvalue weighted by Crippen LogP contribution is 2.14. The lowest BCUT2D eigenvalue weighted by molar-refractivity contribution is 0.0725. The Balaban J connectivity index is 0. The van der Waals surface area contributed by atoms with E-state index in [9.17, 15) is 0 Å². The van der Waals surface area contributed by atoms with Gasteiger partial charge in [-0.3, -0.25) is 0 Å². The molecule has 0 aliphatic rings. The maximum absolute atomic E-state index is 5.55. The molecule has 0 unspecified atom stereocenters. The maximum Gasteiger partial charge on any atom is 0.500 e. The molecular weight excluding hydrogens is 196 g/mol. The monoisotopic (exact) mass is 220 g/mol. The molecule has 0 saturated carbocycles. The van der Waals surface area contributed by atoms with Gasteiger partial charge in [0.15, 0.2) is 0 Å². The minimum Gasteiger partial charge on any atom is -0.374 e. The Morgan fingerprint density at radius 3 is 1.21 bits per heavy atom. The summed E-state index contributed by atoms with van der Waals surface area (Å²) >= 11 is 0. The zero-order valence-electron chi connectivity index (χ0n) is 9.97. The molecule has 0 N–H and O–H groups in total. The van der Waals surface area contributed by atoms with Crippen molar-refractivity contribution >= 4 is 8.80 Å². The predicted molar refractivity (Wildman–Crippen MR) is 62.4 cm³/mol. The molecule has 0 rings (SSSR count). The van der Waals surface area contributed by atoms with Crippen molar-refractivity contribution < 1.29 is 13.3 Å². The van der Waals surface area contributed by atoms with Crippen molar-refractivity contribution in [1.82, 2.24) is 0 Å². The number of rotatable bonds is 7. The Kier molecular flexibility index (Phi) is 12.7. The third kappa shape index (κ3) is 6.31. The van der Waals surface area contributed by atoms with Gasteiger partial charge < -0.3 is 13.3 Å². The van der Waals surface area contributed by atoms with E-state index in [1.54, 1.807) is 0 Å². The Bertz CT molecular complexity index is 103. The summed E-state index contributed by atoms with van der Waals surface area (Å²) in [5.74, 6) is 0. The molecule has 0 aromatic carbocycles. The van der Waals surface area contributed by atoms with Crippen molar-refractivity contribution in [2.45, 2.75) is 33.7 Å². The first-order valence-electron chi connectivity index (χ1n) is 5.16. The van der Waals surface area contributed by atoms with E-state index < -0.39 is 8.80 Å². The summed E-state index contributed by atoms with van der Waals surface area (Å²) in [5.41, 5.74) is 0. The summed E-state index contributed by atoms with van der Waals surface area (Å²) in [4.78, 5) is 0. The molecule has 0 aromatic rings. The third-order valence-corrected chi connectivity index (χ3v) is 4.58. The van der Waals surface area contributed by atoms with E-state index in [-0.39, 0.29) is 0 Å². The summed E-state index contributed by atoms with van der Waals surface area (Å²) in [6.45, 7) is 16.0. The van der Waals surface area contributed by atoms with Crippen LogP contribution in [0.1, 0.15) is 27.7 Å². The van der Waals surface area contributed by atoms with E-state index in [0.717, 1.165) is 6.04 Å². The third-order valence-electron chi connectivity index (χ3n) is 1.53. The van der Waals surface area contributed by atoms with Crippen molar-refractivity contribution in [2.75, 3.05) is 19.8 Å². The summed E-state index contributed by atoms with van der Waals surface area (Å²) in [6, 6.07) is 0.850. The zero-order chi connectivity index (χ0) is 11.4. The second kappa shape index (κ2) is 10.9. The van der Waals surface area contributed by atoms with Gasteiger partial charge in [0.05, 0.1) is 0 Å². The highest BCUT2D eigenvalue weighted by atomic mass is 28.4. The van der Waals surface area contributed by atoms with E-state index in [1.807, 2.05) is 27.7 Å². The fourth-order valence-electron chi connectivity index (χ4n) is 1.09. The Morgan fingerprint density at radius 1 is 0.786 bits per heavy atom. The lowest BCUT2D eigenvalue weighted by Crippen LogP contribution is -2.45. The molecule has 14 heavy (non-hydrogen) atoms. The van der Waals surface area contributed by atoms with Gasteiger partial charge in [-0.25, -0.2) is 0 Å². The average molecular weight is 220 g/mol. The van der Waals surface area contributed by atoms with Crippen LogP contribution in [0.5, 0.6) is 0 Å². The van der Waals surface area contributed by atoms with Gasteiger partial charge in [-0.05, 0) is 20.8 Å². The van der Waals surface area contributed by atoms with Gasteiger partial charge in [0.25, 0.3) is 0 Å². The van der Waals surface area contributed by atoms with Gasteiger partial charge >= 0.3 is 8.80 Å². The molecule has 0 bridgehead atoms. The molecule has 0 aliphatic carbocycles. The van der Waals surface area contributed by atoms with Crippen LogP contribution in [0.4, 0.5) is 0 Å². The molecule has 0 spiro atoms. The first kappa shape index (κ1) is 16.3. The van der Waals surface area contributed by atoms with Crippen molar-refractivity contribution in [1.29, 1.82) is 0 Å². The van der Waals surface area contributed by atoms with E-state index in [0.29, 0.717) is 19.8 Å². The Morgan fingerprint density at radius 2 is 1.07 bits per heavy atom. The lowest BCUT2D eigenvalue weighted by Gasteiger charge is -2.26. The van der Waals surface area contributed by atoms with Crippen LogP contribution >= 0.6 is 0 Å². The molecule has 86 valence electrons. The van der Waals surface area contributed by atoms with Gasteiger partial charge in [-0.2, -0.15) is 0 Å². The zero-order valence-corrected chi connectivity index (χ0v) is 11.0. The summed E-state index contributed by atoms with van der Waals surface area (Å²) in [7, 11) is -2.27. The summed E-state index contributed by atoms with van der Waals surface area (Å²) < 4.78 is 16.7. The SMILES string of the molecule is C=C.CCO[Si](CC)(OCC)OCC. The second-order valence-corrected chi connectivity index (χ2v) is 5.27. The molecule has 0 aromatic heterocycles. The van der Waals surface area contributed by atoms with Crippen LogP contribution in [0.15, 0.2) is 13.2 Å². The molecule has 0 radical (unpaired) electrons. The molecule has 4 heteroatoms. The fraction of sp³-hybridized carbons (Fsp3) is 0.800. The first-order chi connectivity index (χ1) is 6.74. The van der Waals surface area contributed by atoms with Crippen LogP contribution in [-0.2, 0) is 13.3 Å². The van der Waals surface area contributed by atoms with Crippen LogP contribution in [0.2, 0.25) is 6.04 Å². The maximum atomic E-state index is 5.55. The summed E-state index contributed by atoms with van der Waals surface area (Å²) in [5, 5.41) is 0. The molecule has 0 aliphatic heterocycles. The standard InChI is InChI=1S/C8H20O3Si.C2H4/c1-5-9-12(8-4,10-6-2)11-7-3;1-2/h5-8H2,1-4H3;1-2H2. The highest BCUT2D eigenvalue weighted by Gasteiger charge is 2.37. The van der Waals surface area contributed by atoms with Gasteiger partial charge in [0.2, 0.25) is 0 Å². The van der Waals surface area contributed by atoms with Gasteiger partial charge in [0, 0.05) is 25.9 Å².